The molecule has 2 heterocycles. The van der Waals surface area contributed by atoms with Gasteiger partial charge in [-0.15, -0.1) is 0 Å². The number of nitrogens with zero attached hydrogens (tertiary/aromatic N) is 1. The maximum Gasteiger partial charge on any atom is 0.295 e. The molecule has 0 saturated carbocycles. The van der Waals surface area contributed by atoms with Gasteiger partial charge in [0.2, 0.25) is 0 Å². The van der Waals surface area contributed by atoms with Gasteiger partial charge in [-0.3, -0.25) is 9.59 Å². The molecule has 1 aliphatic rings. The zero-order valence-corrected chi connectivity index (χ0v) is 17.9. The number of benzene rings is 1. The molecule has 3 rings (SSSR count). The molecule has 1 amide bonds. The predicted molar refractivity (Wildman–Crippen MR) is 112 cm³/mol. The summed E-state index contributed by atoms with van der Waals surface area (Å²) in [4.78, 5) is 27.2. The van der Waals surface area contributed by atoms with Crippen LogP contribution in [0, 0.1) is 0 Å². The van der Waals surface area contributed by atoms with Crippen molar-refractivity contribution < 1.29 is 28.6 Å². The van der Waals surface area contributed by atoms with Gasteiger partial charge in [0.25, 0.3) is 11.7 Å². The Kier molecular flexibility index (Phi) is 6.72. The third kappa shape index (κ3) is 3.89. The van der Waals surface area contributed by atoms with Crippen molar-refractivity contribution in [3.63, 3.8) is 0 Å². The Morgan fingerprint density at radius 3 is 2.53 bits per heavy atom. The molecule has 1 saturated heterocycles. The number of amides is 1. The molecule has 30 heavy (non-hydrogen) atoms. The van der Waals surface area contributed by atoms with E-state index in [1.54, 1.807) is 12.1 Å². The molecular formula is C22H24ClNO6. The third-order valence-electron chi connectivity index (χ3n) is 5.08. The Labute approximate surface area is 179 Å². The Morgan fingerprint density at radius 1 is 1.20 bits per heavy atom. The summed E-state index contributed by atoms with van der Waals surface area (Å²) in [5, 5.41) is 11.4. The highest BCUT2D eigenvalue weighted by atomic mass is 35.5. The van der Waals surface area contributed by atoms with Crippen molar-refractivity contribution in [2.24, 2.45) is 0 Å². The topological polar surface area (TPSA) is 89.2 Å². The summed E-state index contributed by atoms with van der Waals surface area (Å²) < 4.78 is 16.1. The van der Waals surface area contributed by atoms with Gasteiger partial charge in [-0.1, -0.05) is 31.4 Å². The second kappa shape index (κ2) is 9.26. The number of aliphatic hydroxyl groups is 1. The Morgan fingerprint density at radius 2 is 1.93 bits per heavy atom. The summed E-state index contributed by atoms with van der Waals surface area (Å²) in [5.41, 5.74) is 0.123. The van der Waals surface area contributed by atoms with Gasteiger partial charge in [0.05, 0.1) is 36.6 Å². The van der Waals surface area contributed by atoms with E-state index in [4.69, 9.17) is 25.5 Å². The normalized spacial score (nSPS) is 18.1. The first-order valence-corrected chi connectivity index (χ1v) is 10.1. The first kappa shape index (κ1) is 21.8. The molecule has 1 unspecified atom stereocenters. The number of carbonyl (C=O) groups is 2. The van der Waals surface area contributed by atoms with E-state index < -0.39 is 17.7 Å². The van der Waals surface area contributed by atoms with Crippen molar-refractivity contribution in [2.75, 3.05) is 20.8 Å². The number of methoxy groups -OCH3 is 2. The highest BCUT2D eigenvalue weighted by Gasteiger charge is 2.47. The molecule has 1 aromatic carbocycles. The van der Waals surface area contributed by atoms with Crippen molar-refractivity contribution in [2.45, 2.75) is 32.2 Å². The maximum atomic E-state index is 12.9. The summed E-state index contributed by atoms with van der Waals surface area (Å²) in [6.45, 7) is 2.43. The summed E-state index contributed by atoms with van der Waals surface area (Å²) >= 11 is 6.23. The summed E-state index contributed by atoms with van der Waals surface area (Å²) in [5.74, 6) is -0.830. The Hall–Kier alpha value is -2.93. The van der Waals surface area contributed by atoms with E-state index in [1.807, 2.05) is 0 Å². The number of rotatable bonds is 8. The highest BCUT2D eigenvalue weighted by molar-refractivity contribution is 6.46. The lowest BCUT2D eigenvalue weighted by Crippen LogP contribution is -2.30. The van der Waals surface area contributed by atoms with Crippen molar-refractivity contribution in [3.05, 3.63) is 52.4 Å². The number of furan rings is 1. The number of ether oxygens (including phenoxy) is 2. The van der Waals surface area contributed by atoms with Crippen LogP contribution in [0.1, 0.15) is 43.6 Å². The minimum absolute atomic E-state index is 0.0639. The van der Waals surface area contributed by atoms with Gasteiger partial charge in [-0.05, 0) is 24.6 Å². The molecule has 1 atom stereocenters. The minimum atomic E-state index is -0.831. The number of carbonyl (C=O) groups excluding carboxylic acids is 2. The molecular weight excluding hydrogens is 410 g/mol. The van der Waals surface area contributed by atoms with Gasteiger partial charge in [-0.25, -0.2) is 0 Å². The molecule has 1 N–H and O–H groups in total. The zero-order chi connectivity index (χ0) is 21.8. The first-order valence-electron chi connectivity index (χ1n) is 9.68. The molecule has 1 aromatic heterocycles. The summed E-state index contributed by atoms with van der Waals surface area (Å²) in [6.07, 6.45) is 4.08. The van der Waals surface area contributed by atoms with Crippen LogP contribution in [0.25, 0.3) is 5.76 Å². The maximum absolute atomic E-state index is 12.9. The molecule has 1 fully saturated rings. The monoisotopic (exact) mass is 433 g/mol. The van der Waals surface area contributed by atoms with E-state index in [-0.39, 0.29) is 27.7 Å². The molecule has 1 aliphatic heterocycles. The van der Waals surface area contributed by atoms with Crippen molar-refractivity contribution >= 4 is 29.1 Å². The van der Waals surface area contributed by atoms with Crippen LogP contribution in [0.15, 0.2) is 40.5 Å². The number of hydrogen-bond acceptors (Lipinski definition) is 6. The van der Waals surface area contributed by atoms with Crippen LogP contribution >= 0.6 is 11.6 Å². The predicted octanol–water partition coefficient (Wildman–Crippen LogP) is 4.56. The number of likely N-dealkylation sites (tertiary alicyclic amines) is 1. The van der Waals surface area contributed by atoms with Crippen molar-refractivity contribution in [1.29, 1.82) is 0 Å². The van der Waals surface area contributed by atoms with Crippen LogP contribution in [0.3, 0.4) is 0 Å². The largest absolute Gasteiger partial charge is 0.507 e. The molecule has 0 bridgehead atoms. The number of halogens is 1. The lowest BCUT2D eigenvalue weighted by molar-refractivity contribution is -0.140. The number of ketones is 1. The number of hydrogen-bond donors (Lipinski definition) is 1. The van der Waals surface area contributed by atoms with Crippen LogP contribution < -0.4 is 9.47 Å². The fourth-order valence-corrected chi connectivity index (χ4v) is 3.82. The van der Waals surface area contributed by atoms with E-state index in [1.165, 1.54) is 37.5 Å². The molecule has 0 aliphatic carbocycles. The fraction of sp³-hybridized carbons (Fsp3) is 0.364. The van der Waals surface area contributed by atoms with Gasteiger partial charge in [-0.2, -0.15) is 0 Å². The standard InChI is InChI=1S/C22H24ClNO6/c1-4-5-6-9-24-19(15-8-7-10-30-15)18(21(26)22(24)27)20(25)13-11-14(23)17(29-3)12-16(13)28-2/h7-8,10-12,19,25H,4-6,9H2,1-3H3/b20-18-. The van der Waals surface area contributed by atoms with Crippen LogP contribution in [0.5, 0.6) is 11.5 Å². The van der Waals surface area contributed by atoms with Gasteiger partial charge in [0.1, 0.15) is 29.1 Å². The fourth-order valence-electron chi connectivity index (χ4n) is 3.58. The molecule has 160 valence electrons. The average molecular weight is 434 g/mol. The van der Waals surface area contributed by atoms with E-state index in [0.29, 0.717) is 18.1 Å². The van der Waals surface area contributed by atoms with E-state index in [0.717, 1.165) is 19.3 Å². The van der Waals surface area contributed by atoms with E-state index >= 15 is 0 Å². The van der Waals surface area contributed by atoms with Gasteiger partial charge in [0.15, 0.2) is 0 Å². The molecule has 7 nitrogen and oxygen atoms in total. The molecule has 0 radical (unpaired) electrons. The Balaban J connectivity index is 2.16. The smallest absolute Gasteiger partial charge is 0.295 e. The van der Waals surface area contributed by atoms with Crippen LogP contribution in [0.2, 0.25) is 5.02 Å². The molecule has 0 spiro atoms. The number of aliphatic hydroxyl groups excluding tert-OH is 1. The zero-order valence-electron chi connectivity index (χ0n) is 17.1. The van der Waals surface area contributed by atoms with E-state index in [2.05, 4.69) is 6.92 Å². The Bertz CT molecular complexity index is 966. The first-order chi connectivity index (χ1) is 14.4. The van der Waals surface area contributed by atoms with Crippen molar-refractivity contribution in [3.8, 4) is 11.5 Å². The average Bonchev–Trinajstić information content (AvgIpc) is 3.35. The molecule has 8 heteroatoms. The lowest BCUT2D eigenvalue weighted by atomic mass is 9.98. The van der Waals surface area contributed by atoms with E-state index in [9.17, 15) is 14.7 Å². The summed E-state index contributed by atoms with van der Waals surface area (Å²) in [6, 6.07) is 5.47. The second-order valence-electron chi connectivity index (χ2n) is 6.90. The summed E-state index contributed by atoms with van der Waals surface area (Å²) in [7, 11) is 2.88. The molecule has 2 aromatic rings. The minimum Gasteiger partial charge on any atom is -0.507 e. The quantitative estimate of drug-likeness (QED) is 0.284. The number of Topliss-reactive ketones (excluding diaryl/α,β-unsaturated/α-hetero) is 1. The SMILES string of the molecule is CCCCCN1C(=O)C(=O)/C(=C(\O)c2cc(Cl)c(OC)cc2OC)C1c1ccco1. The van der Waals surface area contributed by atoms with Crippen molar-refractivity contribution in [1.82, 2.24) is 4.90 Å². The number of unbranched alkanes of at least 4 members (excludes halogenated alkanes) is 2. The van der Waals surface area contributed by atoms with Crippen LogP contribution in [-0.4, -0.2) is 42.5 Å². The van der Waals surface area contributed by atoms with Gasteiger partial charge < -0.3 is 23.9 Å². The lowest BCUT2D eigenvalue weighted by Gasteiger charge is -2.23. The highest BCUT2D eigenvalue weighted by Crippen LogP contribution is 2.43. The van der Waals surface area contributed by atoms with Gasteiger partial charge in [0, 0.05) is 12.6 Å². The third-order valence-corrected chi connectivity index (χ3v) is 5.38. The van der Waals surface area contributed by atoms with Gasteiger partial charge >= 0.3 is 0 Å². The second-order valence-corrected chi connectivity index (χ2v) is 7.31. The van der Waals surface area contributed by atoms with Crippen LogP contribution in [-0.2, 0) is 9.59 Å². The van der Waals surface area contributed by atoms with Crippen LogP contribution in [0.4, 0.5) is 0 Å².